The molecule has 1 aromatic rings. The van der Waals surface area contributed by atoms with E-state index >= 15 is 0 Å². The predicted molar refractivity (Wildman–Crippen MR) is 77.1 cm³/mol. The first-order valence-corrected chi connectivity index (χ1v) is 6.19. The second-order valence-corrected chi connectivity index (χ2v) is 5.12. The average molecular weight is 260 g/mol. The summed E-state index contributed by atoms with van der Waals surface area (Å²) in [5.41, 5.74) is 1.48. The van der Waals surface area contributed by atoms with E-state index in [1.807, 2.05) is 45.0 Å². The average Bonchev–Trinajstić information content (AvgIpc) is 2.29. The van der Waals surface area contributed by atoms with Crippen LogP contribution < -0.4 is 5.32 Å². The minimum atomic E-state index is -0.464. The third-order valence-corrected chi connectivity index (χ3v) is 2.23. The first-order chi connectivity index (χ1) is 8.90. The second kappa shape index (κ2) is 6.76. The van der Waals surface area contributed by atoms with Gasteiger partial charge >= 0.3 is 6.09 Å². The molecule has 1 amide bonds. The highest BCUT2D eigenvalue weighted by Crippen LogP contribution is 2.12. The number of amides is 1. The molecule has 1 N–H and O–H groups in total. The molecule has 4 heteroatoms. The quantitative estimate of drug-likeness (QED) is 0.845. The topological polar surface area (TPSA) is 50.7 Å². The third kappa shape index (κ3) is 6.43. The largest absolute Gasteiger partial charge is 0.444 e. The zero-order chi connectivity index (χ0) is 14.3. The van der Waals surface area contributed by atoms with Gasteiger partial charge in [-0.25, -0.2) is 9.79 Å². The predicted octanol–water partition coefficient (Wildman–Crippen LogP) is 3.24. The van der Waals surface area contributed by atoms with Gasteiger partial charge in [0.1, 0.15) is 5.60 Å². The van der Waals surface area contributed by atoms with Crippen LogP contribution in [0.1, 0.15) is 26.3 Å². The number of carbonyl (C=O) groups excluding carboxylic acids is 1. The standard InChI is InChI=1S/C15H20N2O2/c1-5-16-13-8-6-12(7-9-13)10-11-17-14(18)19-15(2,3)4/h6-9H,1,10-11H2,2-4H3,(H,17,18). The van der Waals surface area contributed by atoms with Crippen LogP contribution in [-0.2, 0) is 11.2 Å². The van der Waals surface area contributed by atoms with Crippen LogP contribution in [0.5, 0.6) is 0 Å². The zero-order valence-corrected chi connectivity index (χ0v) is 11.7. The molecule has 0 aliphatic heterocycles. The van der Waals surface area contributed by atoms with Gasteiger partial charge in [0.2, 0.25) is 0 Å². The van der Waals surface area contributed by atoms with E-state index < -0.39 is 5.60 Å². The molecule has 0 saturated carbocycles. The number of hydrogen-bond donors (Lipinski definition) is 1. The maximum absolute atomic E-state index is 11.4. The number of ether oxygens (including phenoxy) is 1. The monoisotopic (exact) mass is 260 g/mol. The Morgan fingerprint density at radius 2 is 2.00 bits per heavy atom. The van der Waals surface area contributed by atoms with Crippen LogP contribution in [0, 0.1) is 0 Å². The Morgan fingerprint density at radius 1 is 1.37 bits per heavy atom. The number of benzene rings is 1. The highest BCUT2D eigenvalue weighted by Gasteiger charge is 2.15. The Balaban J connectivity index is 2.37. The van der Waals surface area contributed by atoms with Crippen LogP contribution in [0.2, 0.25) is 0 Å². The van der Waals surface area contributed by atoms with Crippen LogP contribution in [0.4, 0.5) is 10.5 Å². The van der Waals surface area contributed by atoms with Crippen LogP contribution in [-0.4, -0.2) is 24.1 Å². The molecule has 19 heavy (non-hydrogen) atoms. The number of nitrogens with one attached hydrogen (secondary N) is 1. The van der Waals surface area contributed by atoms with Crippen molar-refractivity contribution >= 4 is 17.7 Å². The lowest BCUT2D eigenvalue weighted by molar-refractivity contribution is 0.0528. The fraction of sp³-hybridized carbons (Fsp3) is 0.400. The van der Waals surface area contributed by atoms with E-state index in [-0.39, 0.29) is 6.09 Å². The highest BCUT2D eigenvalue weighted by atomic mass is 16.6. The first kappa shape index (κ1) is 15.0. The SMILES string of the molecule is C=C=Nc1ccc(CCNC(=O)OC(C)(C)C)cc1. The molecule has 0 aromatic heterocycles. The summed E-state index contributed by atoms with van der Waals surface area (Å²) < 4.78 is 5.15. The molecular weight excluding hydrogens is 240 g/mol. The van der Waals surface area contributed by atoms with Gasteiger partial charge in [0, 0.05) is 6.54 Å². The van der Waals surface area contributed by atoms with Crippen molar-refractivity contribution in [1.82, 2.24) is 5.32 Å². The lowest BCUT2D eigenvalue weighted by atomic mass is 10.1. The summed E-state index contributed by atoms with van der Waals surface area (Å²) in [6.45, 7) is 9.48. The molecule has 0 radical (unpaired) electrons. The summed E-state index contributed by atoms with van der Waals surface area (Å²) in [6.07, 6.45) is 0.359. The molecule has 102 valence electrons. The van der Waals surface area contributed by atoms with Crippen molar-refractivity contribution in [3.05, 3.63) is 36.4 Å². The molecule has 1 rings (SSSR count). The van der Waals surface area contributed by atoms with Gasteiger partial charge in [0.15, 0.2) is 0 Å². The van der Waals surface area contributed by atoms with Crippen LogP contribution in [0.25, 0.3) is 0 Å². The lowest BCUT2D eigenvalue weighted by Crippen LogP contribution is -2.33. The second-order valence-electron chi connectivity index (χ2n) is 5.12. The van der Waals surface area contributed by atoms with Crippen LogP contribution in [0.15, 0.2) is 35.8 Å². The number of rotatable bonds is 4. The fourth-order valence-corrected chi connectivity index (χ4v) is 1.45. The van der Waals surface area contributed by atoms with Crippen molar-refractivity contribution in [2.24, 2.45) is 4.99 Å². The molecule has 0 fully saturated rings. The molecule has 0 aliphatic carbocycles. The molecule has 0 spiro atoms. The van der Waals surface area contributed by atoms with E-state index in [0.717, 1.165) is 17.7 Å². The molecule has 0 heterocycles. The Hall–Kier alpha value is -2.06. The number of aliphatic imine (C=N–C) groups is 1. The summed E-state index contributed by atoms with van der Waals surface area (Å²) in [7, 11) is 0. The van der Waals surface area contributed by atoms with Gasteiger partial charge in [-0.1, -0.05) is 12.1 Å². The molecule has 0 bridgehead atoms. The van der Waals surface area contributed by atoms with Gasteiger partial charge in [0.05, 0.1) is 5.69 Å². The van der Waals surface area contributed by atoms with Crippen molar-refractivity contribution in [2.75, 3.05) is 6.54 Å². The normalized spacial score (nSPS) is 10.5. The Bertz CT molecular complexity index is 466. The Kier molecular flexibility index (Phi) is 5.34. The minimum absolute atomic E-state index is 0.389. The number of alkyl carbamates (subject to hydrolysis) is 1. The minimum Gasteiger partial charge on any atom is -0.444 e. The van der Waals surface area contributed by atoms with E-state index in [2.05, 4.69) is 22.8 Å². The summed E-state index contributed by atoms with van der Waals surface area (Å²) in [6, 6.07) is 7.71. The highest BCUT2D eigenvalue weighted by molar-refractivity contribution is 5.67. The van der Waals surface area contributed by atoms with Gasteiger partial charge < -0.3 is 10.1 Å². The molecule has 0 unspecified atom stereocenters. The molecule has 0 atom stereocenters. The zero-order valence-electron chi connectivity index (χ0n) is 11.7. The Labute approximate surface area is 114 Å². The first-order valence-electron chi connectivity index (χ1n) is 6.19. The number of carbonyl (C=O) groups is 1. The summed E-state index contributed by atoms with van der Waals surface area (Å²) in [4.78, 5) is 15.4. The van der Waals surface area contributed by atoms with Crippen LogP contribution in [0.3, 0.4) is 0 Å². The van der Waals surface area contributed by atoms with E-state index in [1.165, 1.54) is 0 Å². The van der Waals surface area contributed by atoms with Crippen LogP contribution >= 0.6 is 0 Å². The lowest BCUT2D eigenvalue weighted by Gasteiger charge is -2.19. The van der Waals surface area contributed by atoms with Gasteiger partial charge in [-0.15, -0.1) is 0 Å². The van der Waals surface area contributed by atoms with Crippen molar-refractivity contribution in [2.45, 2.75) is 32.8 Å². The van der Waals surface area contributed by atoms with Gasteiger partial charge in [0.25, 0.3) is 0 Å². The van der Waals surface area contributed by atoms with Crippen molar-refractivity contribution in [1.29, 1.82) is 0 Å². The maximum Gasteiger partial charge on any atom is 0.407 e. The molecular formula is C15H20N2O2. The smallest absolute Gasteiger partial charge is 0.407 e. The maximum atomic E-state index is 11.4. The van der Waals surface area contributed by atoms with Crippen molar-refractivity contribution in [3.63, 3.8) is 0 Å². The van der Waals surface area contributed by atoms with E-state index in [9.17, 15) is 4.79 Å². The van der Waals surface area contributed by atoms with Crippen molar-refractivity contribution in [3.8, 4) is 0 Å². The van der Waals surface area contributed by atoms with Crippen molar-refractivity contribution < 1.29 is 9.53 Å². The molecule has 4 nitrogen and oxygen atoms in total. The summed E-state index contributed by atoms with van der Waals surface area (Å²) in [5.74, 6) is 2.48. The fourth-order valence-electron chi connectivity index (χ4n) is 1.45. The van der Waals surface area contributed by atoms with Gasteiger partial charge in [-0.2, -0.15) is 0 Å². The summed E-state index contributed by atoms with van der Waals surface area (Å²) >= 11 is 0. The van der Waals surface area contributed by atoms with E-state index in [1.54, 1.807) is 0 Å². The molecule has 1 aromatic carbocycles. The van der Waals surface area contributed by atoms with E-state index in [4.69, 9.17) is 4.74 Å². The molecule has 0 saturated heterocycles. The third-order valence-electron chi connectivity index (χ3n) is 2.23. The number of hydrogen-bond acceptors (Lipinski definition) is 3. The molecule has 0 aliphatic rings. The summed E-state index contributed by atoms with van der Waals surface area (Å²) in [5, 5.41) is 2.72. The Morgan fingerprint density at radius 3 is 2.53 bits per heavy atom. The van der Waals surface area contributed by atoms with Gasteiger partial charge in [-0.3, -0.25) is 0 Å². The number of nitrogens with zero attached hydrogens (tertiary/aromatic N) is 1. The van der Waals surface area contributed by atoms with E-state index in [0.29, 0.717) is 6.54 Å². The van der Waals surface area contributed by atoms with Gasteiger partial charge in [-0.05, 0) is 57.3 Å².